The summed E-state index contributed by atoms with van der Waals surface area (Å²) in [6, 6.07) is 3.71. The van der Waals surface area contributed by atoms with Crippen molar-refractivity contribution in [2.75, 3.05) is 26.2 Å². The van der Waals surface area contributed by atoms with Crippen molar-refractivity contribution in [3.8, 4) is 10.7 Å². The SMILES string of the molecule is O=C(c1ccc(-c2ncc[nH]2)s1)N1CCN2C(=O)OC[C@H]2C1. The number of hydrogen-bond donors (Lipinski definition) is 1. The van der Waals surface area contributed by atoms with Crippen LogP contribution in [0.3, 0.4) is 0 Å². The molecule has 2 amide bonds. The Hall–Kier alpha value is -2.35. The maximum absolute atomic E-state index is 12.6. The first-order valence-electron chi connectivity index (χ1n) is 7.04. The van der Waals surface area contributed by atoms with E-state index in [1.54, 1.807) is 22.2 Å². The average Bonchev–Trinajstić information content (AvgIpc) is 3.27. The maximum Gasteiger partial charge on any atom is 0.410 e. The number of ether oxygens (including phenoxy) is 1. The van der Waals surface area contributed by atoms with E-state index >= 15 is 0 Å². The molecule has 2 saturated heterocycles. The van der Waals surface area contributed by atoms with Gasteiger partial charge in [0, 0.05) is 32.0 Å². The molecule has 4 heterocycles. The largest absolute Gasteiger partial charge is 0.447 e. The van der Waals surface area contributed by atoms with E-state index in [1.807, 2.05) is 12.1 Å². The molecular weight excluding hydrogens is 304 g/mol. The number of aromatic nitrogens is 2. The Labute approximate surface area is 130 Å². The Morgan fingerprint density at radius 1 is 1.41 bits per heavy atom. The van der Waals surface area contributed by atoms with Crippen molar-refractivity contribution in [1.29, 1.82) is 0 Å². The first-order valence-corrected chi connectivity index (χ1v) is 7.86. The first kappa shape index (κ1) is 13.3. The molecule has 2 aliphatic heterocycles. The van der Waals surface area contributed by atoms with E-state index in [0.29, 0.717) is 31.1 Å². The quantitative estimate of drug-likeness (QED) is 0.908. The molecule has 0 unspecified atom stereocenters. The van der Waals surface area contributed by atoms with Gasteiger partial charge in [-0.3, -0.25) is 9.69 Å². The molecule has 2 fully saturated rings. The molecule has 0 bridgehead atoms. The first-order chi connectivity index (χ1) is 10.7. The Morgan fingerprint density at radius 2 is 2.32 bits per heavy atom. The van der Waals surface area contributed by atoms with E-state index in [-0.39, 0.29) is 18.0 Å². The lowest BCUT2D eigenvalue weighted by atomic mass is 10.2. The Balaban J connectivity index is 1.49. The molecule has 1 N–H and O–H groups in total. The molecule has 0 aliphatic carbocycles. The van der Waals surface area contributed by atoms with Crippen LogP contribution in [0.25, 0.3) is 10.7 Å². The lowest BCUT2D eigenvalue weighted by molar-refractivity contribution is 0.0621. The van der Waals surface area contributed by atoms with Gasteiger partial charge in [0.05, 0.1) is 15.8 Å². The number of imidazole rings is 1. The summed E-state index contributed by atoms with van der Waals surface area (Å²) in [5, 5.41) is 0. The molecule has 114 valence electrons. The molecule has 0 aromatic carbocycles. The number of nitrogens with zero attached hydrogens (tertiary/aromatic N) is 3. The molecule has 4 rings (SSSR count). The number of cyclic esters (lactones) is 1. The van der Waals surface area contributed by atoms with Gasteiger partial charge in [-0.25, -0.2) is 9.78 Å². The van der Waals surface area contributed by atoms with Crippen LogP contribution in [-0.4, -0.2) is 64.1 Å². The summed E-state index contributed by atoms with van der Waals surface area (Å²) in [7, 11) is 0. The summed E-state index contributed by atoms with van der Waals surface area (Å²) in [4.78, 5) is 36.4. The van der Waals surface area contributed by atoms with E-state index in [2.05, 4.69) is 9.97 Å². The molecule has 2 aromatic heterocycles. The zero-order valence-corrected chi connectivity index (χ0v) is 12.5. The predicted octanol–water partition coefficient (Wildman–Crippen LogP) is 1.41. The molecule has 22 heavy (non-hydrogen) atoms. The number of amides is 2. The highest BCUT2D eigenvalue weighted by Gasteiger charge is 2.39. The third-order valence-electron chi connectivity index (χ3n) is 3.95. The van der Waals surface area contributed by atoms with Gasteiger partial charge in [0.15, 0.2) is 0 Å². The van der Waals surface area contributed by atoms with Crippen LogP contribution in [0.15, 0.2) is 24.5 Å². The number of aromatic amines is 1. The number of nitrogens with one attached hydrogen (secondary N) is 1. The Bertz CT molecular complexity index is 712. The molecule has 8 heteroatoms. The summed E-state index contributed by atoms with van der Waals surface area (Å²) in [6.45, 7) is 1.97. The van der Waals surface area contributed by atoms with Gasteiger partial charge in [-0.1, -0.05) is 0 Å². The summed E-state index contributed by atoms with van der Waals surface area (Å²) in [6.07, 6.45) is 3.17. The number of carbonyl (C=O) groups excluding carboxylic acids is 2. The smallest absolute Gasteiger partial charge is 0.410 e. The lowest BCUT2D eigenvalue weighted by Gasteiger charge is -2.35. The number of thiophene rings is 1. The molecule has 0 radical (unpaired) electrons. The van der Waals surface area contributed by atoms with Gasteiger partial charge in [0.1, 0.15) is 12.4 Å². The van der Waals surface area contributed by atoms with Crippen LogP contribution >= 0.6 is 11.3 Å². The van der Waals surface area contributed by atoms with Crippen LogP contribution in [0, 0.1) is 0 Å². The molecule has 2 aromatic rings. The van der Waals surface area contributed by atoms with Crippen LogP contribution < -0.4 is 0 Å². The fourth-order valence-electron chi connectivity index (χ4n) is 2.81. The van der Waals surface area contributed by atoms with Crippen molar-refractivity contribution < 1.29 is 14.3 Å². The minimum atomic E-state index is -0.270. The zero-order valence-electron chi connectivity index (χ0n) is 11.7. The van der Waals surface area contributed by atoms with E-state index in [0.717, 1.165) is 10.7 Å². The van der Waals surface area contributed by atoms with Gasteiger partial charge < -0.3 is 14.6 Å². The third kappa shape index (κ3) is 2.16. The molecule has 1 atom stereocenters. The second-order valence-corrected chi connectivity index (χ2v) is 6.36. The van der Waals surface area contributed by atoms with Gasteiger partial charge in [0.2, 0.25) is 0 Å². The van der Waals surface area contributed by atoms with Crippen molar-refractivity contribution in [3.63, 3.8) is 0 Å². The van der Waals surface area contributed by atoms with Crippen molar-refractivity contribution in [3.05, 3.63) is 29.4 Å². The second-order valence-electron chi connectivity index (χ2n) is 5.28. The predicted molar refractivity (Wildman–Crippen MR) is 79.6 cm³/mol. The topological polar surface area (TPSA) is 78.5 Å². The van der Waals surface area contributed by atoms with E-state index in [4.69, 9.17) is 4.74 Å². The van der Waals surface area contributed by atoms with Gasteiger partial charge >= 0.3 is 6.09 Å². The fourth-order valence-corrected chi connectivity index (χ4v) is 3.74. The Kier molecular flexibility index (Phi) is 3.11. The van der Waals surface area contributed by atoms with Crippen molar-refractivity contribution in [2.24, 2.45) is 0 Å². The number of hydrogen-bond acceptors (Lipinski definition) is 5. The number of H-pyrrole nitrogens is 1. The van der Waals surface area contributed by atoms with Crippen LogP contribution in [0.4, 0.5) is 4.79 Å². The second kappa shape index (κ2) is 5.13. The number of carbonyl (C=O) groups is 2. The van der Waals surface area contributed by atoms with Crippen LogP contribution in [-0.2, 0) is 4.74 Å². The number of fused-ring (bicyclic) bond motifs is 1. The van der Waals surface area contributed by atoms with Crippen LogP contribution in [0.5, 0.6) is 0 Å². The van der Waals surface area contributed by atoms with Gasteiger partial charge in [-0.15, -0.1) is 11.3 Å². The highest BCUT2D eigenvalue weighted by atomic mass is 32.1. The maximum atomic E-state index is 12.6. The summed E-state index contributed by atoms with van der Waals surface area (Å²) in [5.41, 5.74) is 0. The van der Waals surface area contributed by atoms with Gasteiger partial charge in [-0.2, -0.15) is 0 Å². The van der Waals surface area contributed by atoms with Crippen LogP contribution in [0.1, 0.15) is 9.67 Å². The third-order valence-corrected chi connectivity index (χ3v) is 5.03. The molecule has 7 nitrogen and oxygen atoms in total. The minimum Gasteiger partial charge on any atom is -0.447 e. The number of piperazine rings is 1. The van der Waals surface area contributed by atoms with E-state index in [9.17, 15) is 9.59 Å². The Morgan fingerprint density at radius 3 is 3.14 bits per heavy atom. The van der Waals surface area contributed by atoms with Gasteiger partial charge in [-0.05, 0) is 12.1 Å². The zero-order chi connectivity index (χ0) is 15.1. The van der Waals surface area contributed by atoms with Crippen molar-refractivity contribution in [1.82, 2.24) is 19.8 Å². The molecule has 2 aliphatic rings. The van der Waals surface area contributed by atoms with Crippen molar-refractivity contribution in [2.45, 2.75) is 6.04 Å². The molecule has 0 spiro atoms. The fraction of sp³-hybridized carbons (Fsp3) is 0.357. The number of rotatable bonds is 2. The van der Waals surface area contributed by atoms with E-state index < -0.39 is 0 Å². The minimum absolute atomic E-state index is 0.00167. The molecule has 0 saturated carbocycles. The average molecular weight is 318 g/mol. The highest BCUT2D eigenvalue weighted by Crippen LogP contribution is 2.27. The monoisotopic (exact) mass is 318 g/mol. The van der Waals surface area contributed by atoms with Crippen molar-refractivity contribution >= 4 is 23.3 Å². The standard InChI is InChI=1S/C14H14N4O3S/c19-13(11-2-1-10(22-11)12-15-3-4-16-12)17-5-6-18-9(7-17)8-21-14(18)20/h1-4,9H,5-8H2,(H,15,16)/t9-/m1/s1. The normalized spacial score (nSPS) is 20.9. The van der Waals surface area contributed by atoms with Gasteiger partial charge in [0.25, 0.3) is 5.91 Å². The molecular formula is C14H14N4O3S. The lowest BCUT2D eigenvalue weighted by Crippen LogP contribution is -2.53. The summed E-state index contributed by atoms with van der Waals surface area (Å²) in [5.74, 6) is 0.769. The van der Waals surface area contributed by atoms with E-state index in [1.165, 1.54) is 11.3 Å². The highest BCUT2D eigenvalue weighted by molar-refractivity contribution is 7.17. The summed E-state index contributed by atoms with van der Waals surface area (Å²) < 4.78 is 5.03. The van der Waals surface area contributed by atoms with Crippen LogP contribution in [0.2, 0.25) is 0 Å². The summed E-state index contributed by atoms with van der Waals surface area (Å²) >= 11 is 1.42.